The van der Waals surface area contributed by atoms with E-state index >= 15 is 0 Å². The Labute approximate surface area is 202 Å². The van der Waals surface area contributed by atoms with Gasteiger partial charge in [-0.05, 0) is 37.3 Å². The number of hydrogen-bond acceptors (Lipinski definition) is 6. The zero-order valence-electron chi connectivity index (χ0n) is 19.1. The molecule has 1 unspecified atom stereocenters. The number of aromatic nitrogens is 2. The number of morpholine rings is 1. The molecule has 1 amide bonds. The van der Waals surface area contributed by atoms with E-state index in [2.05, 4.69) is 4.98 Å². The van der Waals surface area contributed by atoms with Crippen molar-refractivity contribution < 1.29 is 19.1 Å². The first-order chi connectivity index (χ1) is 16.3. The van der Waals surface area contributed by atoms with Gasteiger partial charge in [-0.25, -0.2) is 4.98 Å². The molecule has 0 aliphatic carbocycles. The molecule has 1 aliphatic rings. The summed E-state index contributed by atoms with van der Waals surface area (Å²) in [5, 5.41) is 0.457. The Balaban J connectivity index is 1.36. The lowest BCUT2D eigenvalue weighted by Gasteiger charge is -2.33. The van der Waals surface area contributed by atoms with Gasteiger partial charge in [0.05, 0.1) is 29.7 Å². The van der Waals surface area contributed by atoms with Gasteiger partial charge in [0.2, 0.25) is 5.91 Å². The molecular weight excluding hydrogens is 458 g/mol. The highest BCUT2D eigenvalue weighted by molar-refractivity contribution is 6.31. The lowest BCUT2D eigenvalue weighted by Crippen LogP contribution is -2.47. The quantitative estimate of drug-likeness (QED) is 0.480. The summed E-state index contributed by atoms with van der Waals surface area (Å²) in [5.41, 5.74) is 2.07. The Morgan fingerprint density at radius 2 is 2.03 bits per heavy atom. The molecule has 2 aromatic carbocycles. The summed E-state index contributed by atoms with van der Waals surface area (Å²) in [4.78, 5) is 43.6. The molecule has 1 atom stereocenters. The number of ketones is 1. The largest absolute Gasteiger partial charge is 0.490 e. The number of para-hydroxylation sites is 2. The van der Waals surface area contributed by atoms with Crippen LogP contribution in [0.25, 0.3) is 11.0 Å². The second-order valence-corrected chi connectivity index (χ2v) is 8.69. The summed E-state index contributed by atoms with van der Waals surface area (Å²) in [6.07, 6.45) is 0.112. The molecule has 178 valence electrons. The maximum absolute atomic E-state index is 12.9. The van der Waals surface area contributed by atoms with Crippen LogP contribution in [0.5, 0.6) is 5.75 Å². The van der Waals surface area contributed by atoms with Gasteiger partial charge in [-0.15, -0.1) is 0 Å². The van der Waals surface area contributed by atoms with E-state index < -0.39 is 0 Å². The minimum Gasteiger partial charge on any atom is -0.490 e. The molecule has 1 saturated heterocycles. The molecule has 0 spiro atoms. The molecule has 0 radical (unpaired) electrons. The van der Waals surface area contributed by atoms with Crippen LogP contribution in [0.1, 0.15) is 29.4 Å². The lowest BCUT2D eigenvalue weighted by atomic mass is 10.1. The fraction of sp³-hybridized carbons (Fsp3) is 0.360. The maximum atomic E-state index is 12.9. The molecule has 34 heavy (non-hydrogen) atoms. The van der Waals surface area contributed by atoms with Crippen LogP contribution in [-0.4, -0.2) is 58.5 Å². The molecule has 8 nitrogen and oxygen atoms in total. The van der Waals surface area contributed by atoms with Crippen LogP contribution in [0, 0.1) is 0 Å². The van der Waals surface area contributed by atoms with E-state index in [1.807, 2.05) is 24.3 Å². The first-order valence-corrected chi connectivity index (χ1v) is 11.5. The van der Waals surface area contributed by atoms with Gasteiger partial charge in [0, 0.05) is 31.5 Å². The molecule has 3 aromatic rings. The van der Waals surface area contributed by atoms with E-state index in [4.69, 9.17) is 21.1 Å². The van der Waals surface area contributed by atoms with Crippen molar-refractivity contribution in [2.24, 2.45) is 7.05 Å². The molecule has 2 heterocycles. The Hall–Kier alpha value is -3.23. The normalized spacial score (nSPS) is 16.0. The average Bonchev–Trinajstić information content (AvgIpc) is 2.84. The summed E-state index contributed by atoms with van der Waals surface area (Å²) in [6, 6.07) is 12.3. The summed E-state index contributed by atoms with van der Waals surface area (Å²) in [7, 11) is 1.71. The number of aryl methyl sites for hydroxylation is 2. The van der Waals surface area contributed by atoms with E-state index in [0.717, 1.165) is 11.0 Å². The van der Waals surface area contributed by atoms with E-state index in [1.54, 1.807) is 34.7 Å². The number of benzene rings is 2. The van der Waals surface area contributed by atoms with Crippen molar-refractivity contribution in [3.63, 3.8) is 0 Å². The zero-order valence-corrected chi connectivity index (χ0v) is 19.9. The fourth-order valence-electron chi connectivity index (χ4n) is 4.02. The summed E-state index contributed by atoms with van der Waals surface area (Å²) >= 11 is 5.98. The van der Waals surface area contributed by atoms with Gasteiger partial charge >= 0.3 is 0 Å². The van der Waals surface area contributed by atoms with Gasteiger partial charge in [-0.1, -0.05) is 23.7 Å². The topological polar surface area (TPSA) is 90.7 Å². The monoisotopic (exact) mass is 483 g/mol. The van der Waals surface area contributed by atoms with Gasteiger partial charge in [-0.2, -0.15) is 0 Å². The third kappa shape index (κ3) is 5.29. The highest BCUT2D eigenvalue weighted by Gasteiger charge is 2.25. The Kier molecular flexibility index (Phi) is 7.29. The van der Waals surface area contributed by atoms with Crippen molar-refractivity contribution >= 4 is 34.3 Å². The van der Waals surface area contributed by atoms with Crippen LogP contribution < -0.4 is 10.3 Å². The lowest BCUT2D eigenvalue weighted by molar-refractivity contribution is -0.139. The van der Waals surface area contributed by atoms with Gasteiger partial charge in [0.25, 0.3) is 5.56 Å². The smallest absolute Gasteiger partial charge is 0.272 e. The second kappa shape index (κ2) is 10.4. The summed E-state index contributed by atoms with van der Waals surface area (Å²) < 4.78 is 13.1. The van der Waals surface area contributed by atoms with Crippen molar-refractivity contribution in [1.82, 2.24) is 14.5 Å². The van der Waals surface area contributed by atoms with Crippen LogP contribution in [0.2, 0.25) is 5.02 Å². The molecule has 1 fully saturated rings. The van der Waals surface area contributed by atoms with Gasteiger partial charge in [0.15, 0.2) is 5.78 Å². The minimum absolute atomic E-state index is 0.0683. The number of amides is 1. The third-order valence-electron chi connectivity index (χ3n) is 5.86. The molecule has 4 rings (SSSR count). The Morgan fingerprint density at radius 3 is 2.82 bits per heavy atom. The number of fused-ring (bicyclic) bond motifs is 1. The number of carbonyl (C=O) groups excluding carboxylic acids is 2. The summed E-state index contributed by atoms with van der Waals surface area (Å²) in [5.74, 6) is 0.218. The average molecular weight is 484 g/mol. The molecule has 0 saturated carbocycles. The van der Waals surface area contributed by atoms with Crippen molar-refractivity contribution in [1.29, 1.82) is 0 Å². The molecule has 1 aromatic heterocycles. The SMILES string of the molecule is CC(=O)c1cc(Cl)ccc1OCC1CN(C(=O)CCc2nc3ccccc3n(C)c2=O)CCO1. The first-order valence-electron chi connectivity index (χ1n) is 11.1. The third-order valence-corrected chi connectivity index (χ3v) is 6.10. The Morgan fingerprint density at radius 1 is 1.24 bits per heavy atom. The van der Waals surface area contributed by atoms with E-state index in [1.165, 1.54) is 6.92 Å². The Bertz CT molecular complexity index is 1290. The van der Waals surface area contributed by atoms with Crippen LogP contribution in [-0.2, 0) is 23.0 Å². The highest BCUT2D eigenvalue weighted by Crippen LogP contribution is 2.24. The van der Waals surface area contributed by atoms with Crippen LogP contribution >= 0.6 is 11.6 Å². The molecular formula is C25H26ClN3O5. The first kappa shape index (κ1) is 23.9. The maximum Gasteiger partial charge on any atom is 0.272 e. The van der Waals surface area contributed by atoms with Crippen LogP contribution in [0.15, 0.2) is 47.3 Å². The van der Waals surface area contributed by atoms with Gasteiger partial charge in [-0.3, -0.25) is 14.4 Å². The van der Waals surface area contributed by atoms with E-state index in [0.29, 0.717) is 41.7 Å². The van der Waals surface area contributed by atoms with Gasteiger partial charge < -0.3 is 18.9 Å². The number of carbonyl (C=O) groups is 2. The number of nitrogens with zero attached hydrogens (tertiary/aromatic N) is 3. The number of rotatable bonds is 7. The van der Waals surface area contributed by atoms with Crippen LogP contribution in [0.4, 0.5) is 0 Å². The fourth-order valence-corrected chi connectivity index (χ4v) is 4.19. The van der Waals surface area contributed by atoms with Gasteiger partial charge in [0.1, 0.15) is 24.2 Å². The number of Topliss-reactive ketones (excluding diaryl/α,β-unsaturated/α-hetero) is 1. The summed E-state index contributed by atoms with van der Waals surface area (Å²) in [6.45, 7) is 2.87. The minimum atomic E-state index is -0.333. The molecule has 0 bridgehead atoms. The zero-order chi connectivity index (χ0) is 24.2. The molecule has 1 aliphatic heterocycles. The van der Waals surface area contributed by atoms with E-state index in [-0.39, 0.29) is 42.8 Å². The number of hydrogen-bond donors (Lipinski definition) is 0. The second-order valence-electron chi connectivity index (χ2n) is 8.25. The van der Waals surface area contributed by atoms with E-state index in [9.17, 15) is 14.4 Å². The van der Waals surface area contributed by atoms with Crippen LogP contribution in [0.3, 0.4) is 0 Å². The number of halogens is 1. The highest BCUT2D eigenvalue weighted by atomic mass is 35.5. The molecule has 9 heteroatoms. The number of ether oxygens (including phenoxy) is 2. The standard InChI is InChI=1S/C25H26ClN3O5/c1-16(30)19-13-17(26)7-9-23(19)34-15-18-14-29(11-12-33-18)24(31)10-8-21-25(32)28(2)22-6-4-3-5-20(22)27-21/h3-7,9,13,18H,8,10-12,14-15H2,1-2H3. The van der Waals surface area contributed by atoms with Crippen molar-refractivity contribution in [3.8, 4) is 5.75 Å². The predicted octanol–water partition coefficient (Wildman–Crippen LogP) is 3.03. The predicted molar refractivity (Wildman–Crippen MR) is 129 cm³/mol. The van der Waals surface area contributed by atoms with Crippen molar-refractivity contribution in [2.45, 2.75) is 25.9 Å². The van der Waals surface area contributed by atoms with Crippen molar-refractivity contribution in [2.75, 3.05) is 26.3 Å². The van der Waals surface area contributed by atoms with Crippen molar-refractivity contribution in [3.05, 3.63) is 69.1 Å². The molecule has 0 N–H and O–H groups in total.